The molecule has 0 atom stereocenters. The van der Waals surface area contributed by atoms with Crippen molar-refractivity contribution in [3.8, 4) is 11.3 Å². The first kappa shape index (κ1) is 14.7. The van der Waals surface area contributed by atoms with Gasteiger partial charge in [-0.3, -0.25) is 0 Å². The van der Waals surface area contributed by atoms with Gasteiger partial charge >= 0.3 is 0 Å². The number of rotatable bonds is 6. The number of thioether (sulfide) groups is 1. The van der Waals surface area contributed by atoms with Crippen molar-refractivity contribution in [2.45, 2.75) is 11.6 Å². The fourth-order valence-electron chi connectivity index (χ4n) is 2.14. The number of hydrogen-bond acceptors (Lipinski definition) is 4. The van der Waals surface area contributed by atoms with Crippen molar-refractivity contribution in [2.75, 3.05) is 24.7 Å². The van der Waals surface area contributed by atoms with E-state index in [-0.39, 0.29) is 0 Å². The molecule has 0 fully saturated rings. The smallest absolute Gasteiger partial charge is 0.165 e. The van der Waals surface area contributed by atoms with Gasteiger partial charge < -0.3 is 14.9 Å². The molecule has 22 heavy (non-hydrogen) atoms. The second kappa shape index (κ2) is 6.70. The minimum atomic E-state index is 0.950. The molecule has 0 spiro atoms. The Bertz CT molecular complexity index is 700. The first-order valence-corrected chi connectivity index (χ1v) is 8.14. The van der Waals surface area contributed by atoms with Gasteiger partial charge in [-0.2, -0.15) is 0 Å². The molecular weight excluding hydrogens is 294 g/mol. The molecule has 2 heterocycles. The molecule has 3 rings (SSSR count). The highest BCUT2D eigenvalue weighted by Gasteiger charge is 2.05. The lowest BCUT2D eigenvalue weighted by Crippen LogP contribution is -2.07. The highest BCUT2D eigenvalue weighted by molar-refractivity contribution is 7.99. The zero-order valence-corrected chi connectivity index (χ0v) is 13.5. The van der Waals surface area contributed by atoms with Crippen LogP contribution in [0.3, 0.4) is 0 Å². The quantitative estimate of drug-likeness (QED) is 0.686. The number of aromatic nitrogens is 4. The van der Waals surface area contributed by atoms with Crippen LogP contribution in [0.5, 0.6) is 0 Å². The maximum absolute atomic E-state index is 4.44. The van der Waals surface area contributed by atoms with Gasteiger partial charge in [0.1, 0.15) is 0 Å². The number of imidazole rings is 2. The first-order valence-electron chi connectivity index (χ1n) is 7.15. The number of nitrogens with one attached hydrogen (secondary N) is 2. The van der Waals surface area contributed by atoms with Gasteiger partial charge in [-0.1, -0.05) is 23.9 Å². The number of nitrogens with zero attached hydrogens (tertiary/aromatic N) is 3. The number of benzene rings is 1. The second-order valence-electron chi connectivity index (χ2n) is 5.22. The molecule has 0 aliphatic rings. The Kier molecular flexibility index (Phi) is 4.48. The Balaban J connectivity index is 1.60. The fraction of sp³-hybridized carbons (Fsp3) is 0.250. The topological polar surface area (TPSA) is 60.6 Å². The summed E-state index contributed by atoms with van der Waals surface area (Å²) in [6.45, 7) is 0. The van der Waals surface area contributed by atoms with Crippen molar-refractivity contribution in [3.05, 3.63) is 48.7 Å². The Morgan fingerprint density at radius 3 is 2.64 bits per heavy atom. The summed E-state index contributed by atoms with van der Waals surface area (Å²) in [5.41, 5.74) is 4.55. The van der Waals surface area contributed by atoms with Crippen molar-refractivity contribution in [1.29, 1.82) is 0 Å². The standard InChI is InChI=1S/C16H19N5S/c1-21(2)14-5-3-12(4-6-14)15-10-18-16(20-15)22-8-7-13-9-17-11-19-13/h3-6,9-11H,7-8H2,1-2H3,(H,17,19)(H,18,20). The average molecular weight is 313 g/mol. The molecule has 0 saturated carbocycles. The summed E-state index contributed by atoms with van der Waals surface area (Å²) < 4.78 is 0. The van der Waals surface area contributed by atoms with Gasteiger partial charge in [-0.05, 0) is 24.1 Å². The summed E-state index contributed by atoms with van der Waals surface area (Å²) in [7, 11) is 4.08. The SMILES string of the molecule is CN(C)c1ccc(-c2cnc(SCCc3cnc[nH]3)[nH]2)cc1. The molecule has 0 amide bonds. The molecular formula is C16H19N5S. The monoisotopic (exact) mass is 313 g/mol. The summed E-state index contributed by atoms with van der Waals surface area (Å²) in [6, 6.07) is 8.45. The third kappa shape index (κ3) is 3.51. The number of aryl methyl sites for hydroxylation is 1. The zero-order chi connectivity index (χ0) is 15.4. The Morgan fingerprint density at radius 1 is 1.14 bits per heavy atom. The largest absolute Gasteiger partial charge is 0.378 e. The van der Waals surface area contributed by atoms with Gasteiger partial charge in [-0.25, -0.2) is 9.97 Å². The van der Waals surface area contributed by atoms with Gasteiger partial charge in [0, 0.05) is 37.4 Å². The maximum Gasteiger partial charge on any atom is 0.165 e. The third-order valence-corrected chi connectivity index (χ3v) is 4.30. The van der Waals surface area contributed by atoms with Gasteiger partial charge in [-0.15, -0.1) is 0 Å². The maximum atomic E-state index is 4.44. The highest BCUT2D eigenvalue weighted by Crippen LogP contribution is 2.23. The minimum absolute atomic E-state index is 0.950. The van der Waals surface area contributed by atoms with Gasteiger partial charge in [0.15, 0.2) is 5.16 Å². The van der Waals surface area contributed by atoms with Gasteiger partial charge in [0.05, 0.1) is 18.2 Å². The van der Waals surface area contributed by atoms with Crippen LogP contribution >= 0.6 is 11.8 Å². The Hall–Kier alpha value is -2.21. The van der Waals surface area contributed by atoms with Crippen LogP contribution in [-0.4, -0.2) is 39.8 Å². The van der Waals surface area contributed by atoms with Crippen LogP contribution in [0.2, 0.25) is 0 Å². The molecule has 1 aromatic carbocycles. The summed E-state index contributed by atoms with van der Waals surface area (Å²) in [6.07, 6.45) is 6.42. The lowest BCUT2D eigenvalue weighted by molar-refractivity contribution is 1.03. The fourth-order valence-corrected chi connectivity index (χ4v) is 2.97. The van der Waals surface area contributed by atoms with Crippen molar-refractivity contribution in [3.63, 3.8) is 0 Å². The van der Waals surface area contributed by atoms with E-state index in [4.69, 9.17) is 0 Å². The van der Waals surface area contributed by atoms with Crippen LogP contribution in [0.25, 0.3) is 11.3 Å². The normalized spacial score (nSPS) is 10.8. The molecule has 5 nitrogen and oxygen atoms in total. The molecule has 0 radical (unpaired) electrons. The van der Waals surface area contributed by atoms with E-state index in [9.17, 15) is 0 Å². The lowest BCUT2D eigenvalue weighted by Gasteiger charge is -2.12. The van der Waals surface area contributed by atoms with Crippen LogP contribution in [0.1, 0.15) is 5.69 Å². The number of aromatic amines is 2. The molecule has 3 aromatic rings. The predicted molar refractivity (Wildman–Crippen MR) is 91.4 cm³/mol. The molecule has 0 saturated heterocycles. The first-order chi connectivity index (χ1) is 10.7. The van der Waals surface area contributed by atoms with Crippen molar-refractivity contribution in [1.82, 2.24) is 19.9 Å². The van der Waals surface area contributed by atoms with E-state index in [2.05, 4.69) is 49.1 Å². The Labute approximate surface area is 134 Å². The van der Waals surface area contributed by atoms with Crippen LogP contribution in [-0.2, 0) is 6.42 Å². The molecule has 114 valence electrons. The molecule has 0 bridgehead atoms. The highest BCUT2D eigenvalue weighted by atomic mass is 32.2. The lowest BCUT2D eigenvalue weighted by atomic mass is 10.1. The van der Waals surface area contributed by atoms with E-state index in [1.165, 1.54) is 5.69 Å². The van der Waals surface area contributed by atoms with E-state index in [1.807, 2.05) is 26.5 Å². The molecule has 2 aromatic heterocycles. The summed E-state index contributed by atoms with van der Waals surface area (Å²) in [5, 5.41) is 0.950. The van der Waals surface area contributed by atoms with Crippen molar-refractivity contribution in [2.24, 2.45) is 0 Å². The zero-order valence-electron chi connectivity index (χ0n) is 12.7. The number of hydrogen-bond donors (Lipinski definition) is 2. The number of H-pyrrole nitrogens is 2. The minimum Gasteiger partial charge on any atom is -0.378 e. The van der Waals surface area contributed by atoms with E-state index < -0.39 is 0 Å². The average Bonchev–Trinajstić information content (AvgIpc) is 3.19. The van der Waals surface area contributed by atoms with E-state index >= 15 is 0 Å². The predicted octanol–water partition coefficient (Wildman–Crippen LogP) is 3.20. The summed E-state index contributed by atoms with van der Waals surface area (Å²) in [4.78, 5) is 17.0. The van der Waals surface area contributed by atoms with Gasteiger partial charge in [0.2, 0.25) is 0 Å². The van der Waals surface area contributed by atoms with Crippen LogP contribution in [0.15, 0.2) is 48.1 Å². The second-order valence-corrected chi connectivity index (χ2v) is 6.30. The summed E-state index contributed by atoms with van der Waals surface area (Å²) in [5.74, 6) is 0.967. The van der Waals surface area contributed by atoms with Crippen molar-refractivity contribution < 1.29 is 0 Å². The molecule has 6 heteroatoms. The molecule has 2 N–H and O–H groups in total. The van der Waals surface area contributed by atoms with E-state index in [0.29, 0.717) is 0 Å². The van der Waals surface area contributed by atoms with Crippen LogP contribution in [0, 0.1) is 0 Å². The van der Waals surface area contributed by atoms with Gasteiger partial charge in [0.25, 0.3) is 0 Å². The Morgan fingerprint density at radius 2 is 1.95 bits per heavy atom. The van der Waals surface area contributed by atoms with E-state index in [0.717, 1.165) is 34.3 Å². The molecule has 0 unspecified atom stereocenters. The van der Waals surface area contributed by atoms with Crippen LogP contribution in [0.4, 0.5) is 5.69 Å². The van der Waals surface area contributed by atoms with Crippen molar-refractivity contribution >= 4 is 17.4 Å². The molecule has 0 aliphatic heterocycles. The molecule has 0 aliphatic carbocycles. The number of anilines is 1. The summed E-state index contributed by atoms with van der Waals surface area (Å²) >= 11 is 1.72. The van der Waals surface area contributed by atoms with E-state index in [1.54, 1.807) is 18.1 Å². The van der Waals surface area contributed by atoms with Crippen LogP contribution < -0.4 is 4.90 Å². The third-order valence-electron chi connectivity index (χ3n) is 3.41.